The molecule has 1 saturated heterocycles. The van der Waals surface area contributed by atoms with Gasteiger partial charge in [-0.2, -0.15) is 5.26 Å². The van der Waals surface area contributed by atoms with Gasteiger partial charge in [0.05, 0.1) is 17.2 Å². The molecule has 1 fully saturated rings. The second kappa shape index (κ2) is 9.75. The Labute approximate surface area is 214 Å². The molecule has 188 valence electrons. The number of benzene rings is 2. The maximum atomic E-state index is 13.8. The Hall–Kier alpha value is -4.09. The first kappa shape index (κ1) is 24.6. The van der Waals surface area contributed by atoms with E-state index in [9.17, 15) is 18.8 Å². The zero-order chi connectivity index (χ0) is 26.3. The van der Waals surface area contributed by atoms with E-state index in [0.29, 0.717) is 29.8 Å². The highest BCUT2D eigenvalue weighted by Gasteiger charge is 2.37. The van der Waals surface area contributed by atoms with Crippen molar-refractivity contribution in [3.63, 3.8) is 0 Å². The lowest BCUT2D eigenvalue weighted by Crippen LogP contribution is -2.58. The van der Waals surface area contributed by atoms with Gasteiger partial charge in [-0.3, -0.25) is 14.7 Å². The first-order valence-corrected chi connectivity index (χ1v) is 12.2. The highest BCUT2D eigenvalue weighted by atomic mass is 19.1. The normalized spacial score (nSPS) is 18.4. The maximum absolute atomic E-state index is 13.8. The zero-order valence-electron chi connectivity index (χ0n) is 20.9. The summed E-state index contributed by atoms with van der Waals surface area (Å²) < 4.78 is 29.0. The third-order valence-corrected chi connectivity index (χ3v) is 7.26. The van der Waals surface area contributed by atoms with Gasteiger partial charge in [-0.05, 0) is 61.4 Å². The van der Waals surface area contributed by atoms with E-state index in [-0.39, 0.29) is 40.9 Å². The summed E-state index contributed by atoms with van der Waals surface area (Å²) in [5.41, 5.74) is 3.37. The summed E-state index contributed by atoms with van der Waals surface area (Å²) in [5, 5.41) is 9.96. The van der Waals surface area contributed by atoms with Crippen LogP contribution in [-0.4, -0.2) is 39.6 Å². The van der Waals surface area contributed by atoms with Gasteiger partial charge in [-0.25, -0.2) is 8.78 Å². The second-order valence-corrected chi connectivity index (χ2v) is 9.62. The Morgan fingerprint density at radius 1 is 0.946 bits per heavy atom. The molecule has 0 amide bonds. The monoisotopic (exact) mass is 499 g/mol. The number of hydrogen-bond donors (Lipinski definition) is 0. The Balaban J connectivity index is 1.58. The minimum absolute atomic E-state index is 0.0225. The first-order chi connectivity index (χ1) is 17.8. The van der Waals surface area contributed by atoms with Crippen molar-refractivity contribution in [3.8, 4) is 6.07 Å². The molecule has 37 heavy (non-hydrogen) atoms. The van der Waals surface area contributed by atoms with Crippen molar-refractivity contribution in [2.45, 2.75) is 32.0 Å². The quantitative estimate of drug-likeness (QED) is 0.405. The van der Waals surface area contributed by atoms with Crippen molar-refractivity contribution >= 4 is 16.7 Å². The van der Waals surface area contributed by atoms with Crippen LogP contribution in [0, 0.1) is 23.0 Å². The molecular formula is C29H27F2N5O. The predicted molar refractivity (Wildman–Crippen MR) is 139 cm³/mol. The number of piperazine rings is 1. The first-order valence-electron chi connectivity index (χ1n) is 12.2. The topological polar surface area (TPSA) is 65.2 Å². The molecule has 3 heterocycles. The Morgan fingerprint density at radius 3 is 2.11 bits per heavy atom. The predicted octanol–water partition coefficient (Wildman–Crippen LogP) is 4.77. The van der Waals surface area contributed by atoms with E-state index in [0.717, 1.165) is 11.1 Å². The number of halogens is 2. The van der Waals surface area contributed by atoms with Crippen LogP contribution in [0.4, 0.5) is 14.5 Å². The second-order valence-electron chi connectivity index (χ2n) is 9.62. The third kappa shape index (κ3) is 4.36. The van der Waals surface area contributed by atoms with Crippen LogP contribution in [0.2, 0.25) is 0 Å². The molecule has 1 aliphatic rings. The van der Waals surface area contributed by atoms with Gasteiger partial charge in [-0.15, -0.1) is 0 Å². The SMILES string of the molecule is C[C@H]1CN(C(c2ccc(F)cc2)c2ccc(F)cc2)[C@@H](C)CN1c1c(C#N)c(=O)n(C)c2cccnc12. The molecule has 2 aromatic heterocycles. The number of pyridine rings is 2. The lowest BCUT2D eigenvalue weighted by Gasteiger charge is -2.48. The van der Waals surface area contributed by atoms with Crippen LogP contribution in [0.15, 0.2) is 71.7 Å². The van der Waals surface area contributed by atoms with Crippen molar-refractivity contribution in [2.75, 3.05) is 18.0 Å². The van der Waals surface area contributed by atoms with Crippen LogP contribution in [0.3, 0.4) is 0 Å². The highest BCUT2D eigenvalue weighted by Crippen LogP contribution is 2.37. The maximum Gasteiger partial charge on any atom is 0.270 e. The largest absolute Gasteiger partial charge is 0.363 e. The molecule has 4 aromatic rings. The fraction of sp³-hybridized carbons (Fsp3) is 0.276. The van der Waals surface area contributed by atoms with Crippen LogP contribution in [0.1, 0.15) is 36.6 Å². The van der Waals surface area contributed by atoms with Crippen LogP contribution < -0.4 is 10.5 Å². The summed E-state index contributed by atoms with van der Waals surface area (Å²) in [5.74, 6) is -0.635. The van der Waals surface area contributed by atoms with E-state index >= 15 is 0 Å². The Morgan fingerprint density at radius 2 is 1.54 bits per heavy atom. The summed E-state index contributed by atoms with van der Waals surface area (Å²) in [6.07, 6.45) is 1.67. The molecule has 2 atom stereocenters. The molecule has 0 radical (unpaired) electrons. The van der Waals surface area contributed by atoms with Crippen LogP contribution in [0.25, 0.3) is 11.0 Å². The van der Waals surface area contributed by atoms with Gasteiger partial charge in [-0.1, -0.05) is 24.3 Å². The van der Waals surface area contributed by atoms with Crippen molar-refractivity contribution in [2.24, 2.45) is 7.05 Å². The van der Waals surface area contributed by atoms with Crippen LogP contribution in [-0.2, 0) is 7.05 Å². The number of anilines is 1. The van der Waals surface area contributed by atoms with Crippen molar-refractivity contribution in [1.29, 1.82) is 5.26 Å². The van der Waals surface area contributed by atoms with E-state index < -0.39 is 0 Å². The van der Waals surface area contributed by atoms with Gasteiger partial charge in [0.2, 0.25) is 0 Å². The molecule has 1 aliphatic heterocycles. The lowest BCUT2D eigenvalue weighted by atomic mass is 9.93. The number of fused-ring (bicyclic) bond motifs is 1. The summed E-state index contributed by atoms with van der Waals surface area (Å²) >= 11 is 0. The number of hydrogen-bond acceptors (Lipinski definition) is 5. The minimum atomic E-state index is -0.351. The van der Waals surface area contributed by atoms with Crippen LogP contribution in [0.5, 0.6) is 0 Å². The van der Waals surface area contributed by atoms with E-state index in [2.05, 4.69) is 34.7 Å². The number of rotatable bonds is 4. The van der Waals surface area contributed by atoms with Gasteiger partial charge in [0, 0.05) is 38.4 Å². The number of nitriles is 1. The average Bonchev–Trinajstić information content (AvgIpc) is 2.90. The van der Waals surface area contributed by atoms with Gasteiger partial charge in [0.1, 0.15) is 28.8 Å². The fourth-order valence-corrected chi connectivity index (χ4v) is 5.42. The molecule has 5 rings (SSSR count). The van der Waals surface area contributed by atoms with Crippen LogP contribution >= 0.6 is 0 Å². The number of aromatic nitrogens is 2. The molecule has 0 unspecified atom stereocenters. The smallest absolute Gasteiger partial charge is 0.270 e. The molecule has 2 aromatic carbocycles. The van der Waals surface area contributed by atoms with Crippen molar-refractivity contribution in [1.82, 2.24) is 14.5 Å². The van der Waals surface area contributed by atoms with Gasteiger partial charge >= 0.3 is 0 Å². The van der Waals surface area contributed by atoms with Crippen molar-refractivity contribution < 1.29 is 8.78 Å². The summed E-state index contributed by atoms with van der Waals surface area (Å²) in [7, 11) is 1.65. The summed E-state index contributed by atoms with van der Waals surface area (Å²) in [4.78, 5) is 22.0. The molecule has 0 spiro atoms. The summed E-state index contributed by atoms with van der Waals surface area (Å²) in [6, 6.07) is 18.2. The van der Waals surface area contributed by atoms with E-state index in [1.54, 1.807) is 43.6 Å². The Kier molecular flexibility index (Phi) is 6.48. The standard InChI is InChI=1S/C29H27F2N5O/c1-18-17-36(28-24(15-32)29(37)34(3)25-5-4-14-33-26(25)28)19(2)16-35(18)27(20-6-10-22(30)11-7-20)21-8-12-23(31)13-9-21/h4-14,18-19,27H,16-17H2,1-3H3/t18-,19-/m0/s1. The molecule has 0 saturated carbocycles. The van der Waals surface area contributed by atoms with Gasteiger partial charge in [0.25, 0.3) is 5.56 Å². The fourth-order valence-electron chi connectivity index (χ4n) is 5.42. The third-order valence-electron chi connectivity index (χ3n) is 7.26. The molecular weight excluding hydrogens is 472 g/mol. The lowest BCUT2D eigenvalue weighted by molar-refractivity contribution is 0.130. The number of nitrogens with zero attached hydrogens (tertiary/aromatic N) is 5. The minimum Gasteiger partial charge on any atom is -0.363 e. The van der Waals surface area contributed by atoms with E-state index in [1.165, 1.54) is 28.8 Å². The van der Waals surface area contributed by atoms with E-state index in [4.69, 9.17) is 0 Å². The molecule has 8 heteroatoms. The molecule has 0 N–H and O–H groups in total. The highest BCUT2D eigenvalue weighted by molar-refractivity contribution is 5.91. The summed E-state index contributed by atoms with van der Waals surface area (Å²) in [6.45, 7) is 5.27. The average molecular weight is 500 g/mol. The van der Waals surface area contributed by atoms with Gasteiger partial charge in [0.15, 0.2) is 0 Å². The van der Waals surface area contributed by atoms with Crippen molar-refractivity contribution in [3.05, 3.63) is 106 Å². The molecule has 0 aliphatic carbocycles. The van der Waals surface area contributed by atoms with E-state index in [1.807, 2.05) is 6.07 Å². The molecule has 6 nitrogen and oxygen atoms in total. The number of aryl methyl sites for hydroxylation is 1. The van der Waals surface area contributed by atoms with Gasteiger partial charge < -0.3 is 9.47 Å². The Bertz CT molecular complexity index is 1500. The molecule has 0 bridgehead atoms. The zero-order valence-corrected chi connectivity index (χ0v) is 20.9.